The highest BCUT2D eigenvalue weighted by Gasteiger charge is 2.11. The maximum atomic E-state index is 5.76. The van der Waals surface area contributed by atoms with E-state index in [2.05, 4.69) is 55.0 Å². The molecule has 2 aromatic rings. The zero-order valence-electron chi connectivity index (χ0n) is 12.1. The normalized spacial score (nSPS) is 12.6. The van der Waals surface area contributed by atoms with Crippen LogP contribution in [0.5, 0.6) is 0 Å². The summed E-state index contributed by atoms with van der Waals surface area (Å²) in [5.41, 5.74) is 8.96. The quantitative estimate of drug-likeness (QED) is 0.894. The summed E-state index contributed by atoms with van der Waals surface area (Å²) in [5, 5.41) is 1.20. The summed E-state index contributed by atoms with van der Waals surface area (Å²) in [4.78, 5) is 6.90. The molecule has 0 aliphatic rings. The van der Waals surface area contributed by atoms with Crippen molar-refractivity contribution >= 4 is 16.6 Å². The highest BCUT2D eigenvalue weighted by atomic mass is 15.1. The zero-order valence-corrected chi connectivity index (χ0v) is 12.1. The van der Waals surface area contributed by atoms with Crippen LogP contribution in [0.4, 0.5) is 5.69 Å². The van der Waals surface area contributed by atoms with Crippen molar-refractivity contribution in [2.24, 2.45) is 11.7 Å². The second-order valence-electron chi connectivity index (χ2n) is 5.25. The van der Waals surface area contributed by atoms with E-state index in [0.29, 0.717) is 12.5 Å². The first kappa shape index (κ1) is 13.8. The van der Waals surface area contributed by atoms with Gasteiger partial charge in [-0.2, -0.15) is 0 Å². The van der Waals surface area contributed by atoms with Crippen LogP contribution >= 0.6 is 0 Å². The summed E-state index contributed by atoms with van der Waals surface area (Å²) in [7, 11) is 2.15. The molecule has 0 bridgehead atoms. The fourth-order valence-corrected chi connectivity index (χ4v) is 2.33. The Morgan fingerprint density at radius 2 is 2.05 bits per heavy atom. The molecule has 3 nitrogen and oxygen atoms in total. The van der Waals surface area contributed by atoms with E-state index < -0.39 is 0 Å². The summed E-state index contributed by atoms with van der Waals surface area (Å²) < 4.78 is 0. The molecule has 1 unspecified atom stereocenters. The molecule has 0 aliphatic heterocycles. The minimum atomic E-state index is 0.481. The lowest BCUT2D eigenvalue weighted by molar-refractivity contribution is 0.560. The van der Waals surface area contributed by atoms with Gasteiger partial charge in [0.1, 0.15) is 0 Å². The van der Waals surface area contributed by atoms with Crippen LogP contribution in [0.1, 0.15) is 26.0 Å². The highest BCUT2D eigenvalue weighted by Crippen LogP contribution is 2.26. The molecule has 102 valence electrons. The minimum absolute atomic E-state index is 0.481. The predicted molar refractivity (Wildman–Crippen MR) is 82.4 cm³/mol. The third kappa shape index (κ3) is 3.04. The second kappa shape index (κ2) is 6.02. The number of anilines is 1. The first-order valence-corrected chi connectivity index (χ1v) is 6.95. The van der Waals surface area contributed by atoms with Crippen molar-refractivity contribution in [3.05, 3.63) is 36.0 Å². The number of nitrogens with zero attached hydrogens (tertiary/aromatic N) is 2. The predicted octanol–water partition coefficient (Wildman–Crippen LogP) is 3.18. The Morgan fingerprint density at radius 1 is 1.32 bits per heavy atom. The van der Waals surface area contributed by atoms with Crippen LogP contribution in [0, 0.1) is 5.92 Å². The monoisotopic (exact) mass is 257 g/mol. The van der Waals surface area contributed by atoms with Gasteiger partial charge in [0.05, 0.1) is 11.2 Å². The van der Waals surface area contributed by atoms with E-state index in [0.717, 1.165) is 17.8 Å². The molecule has 0 fully saturated rings. The Hall–Kier alpha value is -1.61. The molecule has 1 aromatic heterocycles. The standard InChI is InChI=1S/C16H23N3/c1-4-12(2)11-19(3)16-9-13(10-17)18-15-8-6-5-7-14(15)16/h5-9,12H,4,10-11,17H2,1-3H3. The number of pyridine rings is 1. The average molecular weight is 257 g/mol. The van der Waals surface area contributed by atoms with Gasteiger partial charge in [0, 0.05) is 31.2 Å². The molecule has 2 rings (SSSR count). The van der Waals surface area contributed by atoms with Gasteiger partial charge >= 0.3 is 0 Å². The lowest BCUT2D eigenvalue weighted by Crippen LogP contribution is -2.24. The maximum Gasteiger partial charge on any atom is 0.0726 e. The van der Waals surface area contributed by atoms with E-state index in [9.17, 15) is 0 Å². The van der Waals surface area contributed by atoms with E-state index in [-0.39, 0.29) is 0 Å². The van der Waals surface area contributed by atoms with Crippen LogP contribution < -0.4 is 10.6 Å². The topological polar surface area (TPSA) is 42.1 Å². The van der Waals surface area contributed by atoms with Gasteiger partial charge in [0.2, 0.25) is 0 Å². The number of aromatic nitrogens is 1. The van der Waals surface area contributed by atoms with Gasteiger partial charge in [0.25, 0.3) is 0 Å². The summed E-state index contributed by atoms with van der Waals surface area (Å²) >= 11 is 0. The molecule has 3 heteroatoms. The molecule has 0 aliphatic carbocycles. The van der Waals surface area contributed by atoms with Crippen molar-refractivity contribution in [3.63, 3.8) is 0 Å². The van der Waals surface area contributed by atoms with Gasteiger partial charge in [0.15, 0.2) is 0 Å². The summed E-state index contributed by atoms with van der Waals surface area (Å²) in [6.45, 7) is 6.04. The van der Waals surface area contributed by atoms with Gasteiger partial charge in [-0.1, -0.05) is 38.5 Å². The number of hydrogen-bond acceptors (Lipinski definition) is 3. The summed E-state index contributed by atoms with van der Waals surface area (Å²) in [5.74, 6) is 0.679. The number of rotatable bonds is 5. The number of benzene rings is 1. The zero-order chi connectivity index (χ0) is 13.8. The Labute approximate surface area is 115 Å². The van der Waals surface area contributed by atoms with Gasteiger partial charge in [-0.05, 0) is 18.1 Å². The van der Waals surface area contributed by atoms with Crippen molar-refractivity contribution in [1.29, 1.82) is 0 Å². The fraction of sp³-hybridized carbons (Fsp3) is 0.438. The molecule has 1 heterocycles. The largest absolute Gasteiger partial charge is 0.374 e. The molecule has 0 amide bonds. The first-order chi connectivity index (χ1) is 9.15. The molecule has 0 spiro atoms. The van der Waals surface area contributed by atoms with Crippen LogP contribution in [-0.4, -0.2) is 18.6 Å². The Bertz CT molecular complexity index is 551. The van der Waals surface area contributed by atoms with Crippen molar-refractivity contribution < 1.29 is 0 Å². The highest BCUT2D eigenvalue weighted by molar-refractivity contribution is 5.91. The van der Waals surface area contributed by atoms with Gasteiger partial charge < -0.3 is 10.6 Å². The second-order valence-corrected chi connectivity index (χ2v) is 5.25. The van der Waals surface area contributed by atoms with Crippen LogP contribution in [0.2, 0.25) is 0 Å². The Morgan fingerprint density at radius 3 is 2.74 bits per heavy atom. The van der Waals surface area contributed by atoms with Crippen LogP contribution in [0.15, 0.2) is 30.3 Å². The number of hydrogen-bond donors (Lipinski definition) is 1. The molecule has 1 aromatic carbocycles. The van der Waals surface area contributed by atoms with Crippen molar-refractivity contribution in [2.45, 2.75) is 26.8 Å². The smallest absolute Gasteiger partial charge is 0.0726 e. The summed E-state index contributed by atoms with van der Waals surface area (Å²) in [6, 6.07) is 10.4. The Kier molecular flexibility index (Phi) is 4.38. The van der Waals surface area contributed by atoms with E-state index in [1.165, 1.54) is 17.5 Å². The molecular weight excluding hydrogens is 234 g/mol. The SMILES string of the molecule is CCC(C)CN(C)c1cc(CN)nc2ccccc12. The molecule has 0 saturated heterocycles. The lowest BCUT2D eigenvalue weighted by atomic mass is 10.1. The lowest BCUT2D eigenvalue weighted by Gasteiger charge is -2.24. The van der Waals surface area contributed by atoms with Crippen LogP contribution in [0.25, 0.3) is 10.9 Å². The van der Waals surface area contributed by atoms with Crippen LogP contribution in [0.3, 0.4) is 0 Å². The van der Waals surface area contributed by atoms with Gasteiger partial charge in [-0.3, -0.25) is 4.98 Å². The third-order valence-corrected chi connectivity index (χ3v) is 3.65. The van der Waals surface area contributed by atoms with Gasteiger partial charge in [-0.25, -0.2) is 0 Å². The minimum Gasteiger partial charge on any atom is -0.374 e. The molecule has 1 atom stereocenters. The van der Waals surface area contributed by atoms with Crippen molar-refractivity contribution in [3.8, 4) is 0 Å². The van der Waals surface area contributed by atoms with E-state index >= 15 is 0 Å². The van der Waals surface area contributed by atoms with Crippen molar-refractivity contribution in [2.75, 3.05) is 18.5 Å². The van der Waals surface area contributed by atoms with E-state index in [1.807, 2.05) is 6.07 Å². The van der Waals surface area contributed by atoms with Crippen molar-refractivity contribution in [1.82, 2.24) is 4.98 Å². The average Bonchev–Trinajstić information content (AvgIpc) is 2.45. The fourth-order valence-electron chi connectivity index (χ4n) is 2.33. The first-order valence-electron chi connectivity index (χ1n) is 6.95. The maximum absolute atomic E-state index is 5.76. The molecule has 2 N–H and O–H groups in total. The van der Waals surface area contributed by atoms with Gasteiger partial charge in [-0.15, -0.1) is 0 Å². The molecule has 19 heavy (non-hydrogen) atoms. The third-order valence-electron chi connectivity index (χ3n) is 3.65. The van der Waals surface area contributed by atoms with E-state index in [1.54, 1.807) is 0 Å². The molecule has 0 radical (unpaired) electrons. The summed E-state index contributed by atoms with van der Waals surface area (Å²) in [6.07, 6.45) is 1.19. The van der Waals surface area contributed by atoms with Crippen LogP contribution in [-0.2, 0) is 6.54 Å². The molecule has 0 saturated carbocycles. The number of nitrogens with two attached hydrogens (primary N) is 1. The Balaban J connectivity index is 2.45. The molecular formula is C16H23N3. The number of fused-ring (bicyclic) bond motifs is 1. The van der Waals surface area contributed by atoms with E-state index in [4.69, 9.17) is 5.73 Å². The number of para-hydroxylation sites is 1.